The van der Waals surface area contributed by atoms with E-state index in [4.69, 9.17) is 13.9 Å². The first-order valence-electron chi connectivity index (χ1n) is 14.1. The predicted molar refractivity (Wildman–Crippen MR) is 166 cm³/mol. The number of carbonyl (C=O) groups is 1. The molecule has 43 heavy (non-hydrogen) atoms. The summed E-state index contributed by atoms with van der Waals surface area (Å²) in [4.78, 5) is 28.1. The molecule has 2 atom stereocenters. The zero-order valence-corrected chi connectivity index (χ0v) is 25.0. The van der Waals surface area contributed by atoms with Crippen molar-refractivity contribution in [3.63, 3.8) is 0 Å². The van der Waals surface area contributed by atoms with E-state index in [0.717, 1.165) is 27.8 Å². The largest absolute Gasteiger partial charge is 0.507 e. The Labute approximate surface area is 250 Å². The Kier molecular flexibility index (Phi) is 7.97. The number of ether oxygens (including phenoxy) is 2. The van der Waals surface area contributed by atoms with Crippen molar-refractivity contribution >= 4 is 16.8 Å². The highest BCUT2D eigenvalue weighted by molar-refractivity contribution is 6.08. The molecule has 1 N–H and O–H groups in total. The number of carbonyl (C=O) groups excluding carboxylic acids is 1. The van der Waals surface area contributed by atoms with Gasteiger partial charge in [0.25, 0.3) is 0 Å². The number of hydrogen-bond donors (Lipinski definition) is 1. The molecule has 2 aromatic carbocycles. The average Bonchev–Trinajstić information content (AvgIpc) is 3.22. The molecular weight excluding hydrogens is 542 g/mol. The molecule has 1 heterocycles. The van der Waals surface area contributed by atoms with Crippen molar-refractivity contribution in [2.75, 3.05) is 14.2 Å². The monoisotopic (exact) mass is 575 g/mol. The average molecular weight is 576 g/mol. The maximum Gasteiger partial charge on any atom is 0.343 e. The van der Waals surface area contributed by atoms with Crippen LogP contribution in [0.3, 0.4) is 0 Å². The Bertz CT molecular complexity index is 1930. The second-order valence-corrected chi connectivity index (χ2v) is 11.1. The molecule has 0 saturated carbocycles. The summed E-state index contributed by atoms with van der Waals surface area (Å²) >= 11 is 0. The molecule has 218 valence electrons. The predicted octanol–water partition coefficient (Wildman–Crippen LogP) is 7.52. The van der Waals surface area contributed by atoms with Crippen molar-refractivity contribution in [1.29, 1.82) is 5.26 Å². The summed E-state index contributed by atoms with van der Waals surface area (Å²) in [5.74, 6) is -2.33. The van der Waals surface area contributed by atoms with Crippen LogP contribution < -0.4 is 15.1 Å². The molecule has 0 saturated heterocycles. The molecule has 7 heteroatoms. The Morgan fingerprint density at radius 3 is 2.28 bits per heavy atom. The third kappa shape index (κ3) is 5.10. The van der Waals surface area contributed by atoms with Crippen LogP contribution in [-0.4, -0.2) is 25.1 Å². The molecule has 1 aromatic heterocycles. The van der Waals surface area contributed by atoms with E-state index >= 15 is 0 Å². The van der Waals surface area contributed by atoms with Crippen molar-refractivity contribution in [2.24, 2.45) is 5.92 Å². The van der Waals surface area contributed by atoms with E-state index in [2.05, 4.69) is 32.0 Å². The lowest BCUT2D eigenvalue weighted by Crippen LogP contribution is -2.27. The highest BCUT2D eigenvalue weighted by atomic mass is 16.5. The minimum Gasteiger partial charge on any atom is -0.507 e. The lowest BCUT2D eigenvalue weighted by Gasteiger charge is -2.23. The van der Waals surface area contributed by atoms with Gasteiger partial charge in [0.15, 0.2) is 17.3 Å². The molecule has 0 spiro atoms. The summed E-state index contributed by atoms with van der Waals surface area (Å²) in [6.07, 6.45) is 0. The summed E-state index contributed by atoms with van der Waals surface area (Å²) in [5, 5.41) is 22.4. The first-order valence-corrected chi connectivity index (χ1v) is 14.1. The van der Waals surface area contributed by atoms with E-state index in [1.165, 1.54) is 14.2 Å². The number of nitrogens with zero attached hydrogens (tertiary/aromatic N) is 1. The number of para-hydroxylation sites is 1. The molecule has 2 aliphatic rings. The van der Waals surface area contributed by atoms with Crippen LogP contribution in [0.25, 0.3) is 22.1 Å². The second-order valence-electron chi connectivity index (χ2n) is 11.1. The van der Waals surface area contributed by atoms with Crippen LogP contribution in [0.2, 0.25) is 0 Å². The Balaban J connectivity index is 1.78. The van der Waals surface area contributed by atoms with Gasteiger partial charge in [0.1, 0.15) is 17.3 Å². The Morgan fingerprint density at radius 1 is 0.907 bits per heavy atom. The first-order chi connectivity index (χ1) is 20.6. The smallest absolute Gasteiger partial charge is 0.343 e. The lowest BCUT2D eigenvalue weighted by molar-refractivity contribution is 0.0940. The number of aryl methyl sites for hydroxylation is 2. The number of rotatable bonds is 8. The number of aromatic hydroxyl groups is 1. The van der Waals surface area contributed by atoms with Crippen LogP contribution in [0.15, 0.2) is 75.9 Å². The summed E-state index contributed by atoms with van der Waals surface area (Å²) in [6, 6.07) is 21.6. The minimum absolute atomic E-state index is 0.178. The standard InChI is InChI=1S/C36H33NO6/c1-19(2)22-11-13-24-20(3)16-26(31(24)21(4)15-22)34(38)27(18-37)32(23-12-14-29(41-5)30(17-23)42-6)33-35(39)25-9-7-8-10-28(25)43-36(33)40/h7-17,19,27,32,39H,1-6H3. The highest BCUT2D eigenvalue weighted by Crippen LogP contribution is 2.44. The molecule has 2 unspecified atom stereocenters. The number of Topliss-reactive ketones (excluding diaryl/α,β-unsaturated/α-hetero) is 1. The van der Waals surface area contributed by atoms with Gasteiger partial charge in [0.05, 0.1) is 31.2 Å². The summed E-state index contributed by atoms with van der Waals surface area (Å²) in [7, 11) is 2.97. The summed E-state index contributed by atoms with van der Waals surface area (Å²) < 4.78 is 16.5. The van der Waals surface area contributed by atoms with Gasteiger partial charge in [-0.2, -0.15) is 5.26 Å². The lowest BCUT2D eigenvalue weighted by atomic mass is 9.77. The van der Waals surface area contributed by atoms with Crippen LogP contribution in [0, 0.1) is 31.1 Å². The summed E-state index contributed by atoms with van der Waals surface area (Å²) in [6.45, 7) is 8.12. The van der Waals surface area contributed by atoms with Gasteiger partial charge in [-0.3, -0.25) is 4.79 Å². The van der Waals surface area contributed by atoms with Crippen LogP contribution in [0.1, 0.15) is 63.9 Å². The fraction of sp³-hybridized carbons (Fsp3) is 0.250. The van der Waals surface area contributed by atoms with Crippen molar-refractivity contribution in [3.05, 3.63) is 111 Å². The van der Waals surface area contributed by atoms with Gasteiger partial charge in [-0.25, -0.2) is 4.79 Å². The number of methoxy groups -OCH3 is 2. The van der Waals surface area contributed by atoms with Gasteiger partial charge in [0.2, 0.25) is 0 Å². The molecule has 0 amide bonds. The number of fused-ring (bicyclic) bond motifs is 2. The zero-order valence-electron chi connectivity index (χ0n) is 25.0. The number of benzene rings is 2. The number of hydrogen-bond acceptors (Lipinski definition) is 7. The second kappa shape index (κ2) is 11.7. The molecule has 5 rings (SSSR count). The van der Waals surface area contributed by atoms with Crippen molar-refractivity contribution in [2.45, 2.75) is 39.5 Å². The van der Waals surface area contributed by atoms with Crippen LogP contribution >= 0.6 is 0 Å². The van der Waals surface area contributed by atoms with Crippen LogP contribution in [-0.2, 0) is 0 Å². The maximum atomic E-state index is 14.5. The van der Waals surface area contributed by atoms with Gasteiger partial charge in [-0.1, -0.05) is 50.2 Å². The van der Waals surface area contributed by atoms with Gasteiger partial charge < -0.3 is 19.0 Å². The fourth-order valence-electron chi connectivity index (χ4n) is 5.90. The molecule has 7 nitrogen and oxygen atoms in total. The summed E-state index contributed by atoms with van der Waals surface area (Å²) in [5.41, 5.74) is 4.60. The van der Waals surface area contributed by atoms with Crippen molar-refractivity contribution < 1.29 is 23.8 Å². The molecule has 0 aliphatic heterocycles. The zero-order chi connectivity index (χ0) is 31.0. The van der Waals surface area contributed by atoms with Crippen LogP contribution in [0.4, 0.5) is 0 Å². The van der Waals surface area contributed by atoms with Crippen molar-refractivity contribution in [1.82, 2.24) is 0 Å². The molecule has 2 aliphatic carbocycles. The van der Waals surface area contributed by atoms with E-state index in [1.807, 2.05) is 19.9 Å². The van der Waals surface area contributed by atoms with Gasteiger partial charge >= 0.3 is 5.63 Å². The first kappa shape index (κ1) is 29.4. The van der Waals surface area contributed by atoms with E-state index in [9.17, 15) is 20.0 Å². The van der Waals surface area contributed by atoms with E-state index in [0.29, 0.717) is 28.0 Å². The normalized spacial score (nSPS) is 12.7. The van der Waals surface area contributed by atoms with Gasteiger partial charge in [0, 0.05) is 11.5 Å². The number of ketones is 1. The quantitative estimate of drug-likeness (QED) is 0.151. The van der Waals surface area contributed by atoms with Gasteiger partial charge in [-0.05, 0) is 83.5 Å². The highest BCUT2D eigenvalue weighted by Gasteiger charge is 2.38. The fourth-order valence-corrected chi connectivity index (χ4v) is 5.90. The third-order valence-electron chi connectivity index (χ3n) is 8.13. The SMILES string of the molecule is COc1ccc(C(c2c(O)c3ccccc3oc2=O)C(C#N)C(=O)c2cc(C)c3ccc(C(C)C)cc(C)c2-3)cc1OC. The van der Waals surface area contributed by atoms with Crippen LogP contribution in [0.5, 0.6) is 17.2 Å². The third-order valence-corrected chi connectivity index (χ3v) is 8.13. The minimum atomic E-state index is -1.40. The molecule has 0 bridgehead atoms. The Hall–Kier alpha value is -5.09. The van der Waals surface area contributed by atoms with E-state index < -0.39 is 23.2 Å². The molecular formula is C36H33NO6. The van der Waals surface area contributed by atoms with E-state index in [-0.39, 0.29) is 22.8 Å². The van der Waals surface area contributed by atoms with E-state index in [1.54, 1.807) is 48.5 Å². The molecule has 3 aromatic rings. The topological polar surface area (TPSA) is 110 Å². The molecule has 0 fully saturated rings. The van der Waals surface area contributed by atoms with Gasteiger partial charge in [-0.15, -0.1) is 0 Å². The Morgan fingerprint density at radius 2 is 1.60 bits per heavy atom. The number of nitriles is 1. The van der Waals surface area contributed by atoms with Crippen molar-refractivity contribution in [3.8, 4) is 34.4 Å². The maximum absolute atomic E-state index is 14.5. The molecule has 0 radical (unpaired) electrons.